The first-order valence-electron chi connectivity index (χ1n) is 6.74. The lowest BCUT2D eigenvalue weighted by molar-refractivity contribution is -0.140. The molecule has 2 N–H and O–H groups in total. The van der Waals surface area contributed by atoms with Gasteiger partial charge in [-0.15, -0.1) is 0 Å². The SMILES string of the molecule is CCCCOc1ccc([C@@H](CC(=O)NC)C(=O)O)cc1. The zero-order valence-corrected chi connectivity index (χ0v) is 11.9. The number of aliphatic carboxylic acids is 1. The summed E-state index contributed by atoms with van der Waals surface area (Å²) < 4.78 is 5.52. The molecule has 5 nitrogen and oxygen atoms in total. The summed E-state index contributed by atoms with van der Waals surface area (Å²) in [5, 5.41) is 11.6. The second kappa shape index (κ2) is 8.19. The van der Waals surface area contributed by atoms with E-state index in [-0.39, 0.29) is 12.3 Å². The van der Waals surface area contributed by atoms with Gasteiger partial charge in [-0.05, 0) is 24.1 Å². The predicted molar refractivity (Wildman–Crippen MR) is 75.9 cm³/mol. The number of carboxylic acids is 1. The zero-order chi connectivity index (χ0) is 15.0. The third kappa shape index (κ3) is 4.91. The standard InChI is InChI=1S/C15H21NO4/c1-3-4-9-20-12-7-5-11(6-8-12)13(15(18)19)10-14(17)16-2/h5-8,13H,3-4,9-10H2,1-2H3,(H,16,17)(H,18,19)/t13-/m1/s1. The summed E-state index contributed by atoms with van der Waals surface area (Å²) in [6, 6.07) is 6.88. The second-order valence-electron chi connectivity index (χ2n) is 4.54. The van der Waals surface area contributed by atoms with Crippen molar-refractivity contribution in [3.8, 4) is 5.75 Å². The number of unbranched alkanes of at least 4 members (excludes halogenated alkanes) is 1. The van der Waals surface area contributed by atoms with E-state index in [1.807, 2.05) is 0 Å². The predicted octanol–water partition coefficient (Wildman–Crippen LogP) is 2.17. The highest BCUT2D eigenvalue weighted by atomic mass is 16.5. The van der Waals surface area contributed by atoms with Crippen LogP contribution in [-0.4, -0.2) is 30.6 Å². The van der Waals surface area contributed by atoms with Crippen molar-refractivity contribution >= 4 is 11.9 Å². The van der Waals surface area contributed by atoms with Gasteiger partial charge in [0.1, 0.15) is 5.75 Å². The zero-order valence-electron chi connectivity index (χ0n) is 11.9. The van der Waals surface area contributed by atoms with Crippen LogP contribution in [0.15, 0.2) is 24.3 Å². The van der Waals surface area contributed by atoms with Crippen LogP contribution < -0.4 is 10.1 Å². The summed E-state index contributed by atoms with van der Waals surface area (Å²) in [6.07, 6.45) is 1.98. The Balaban J connectivity index is 2.72. The highest BCUT2D eigenvalue weighted by molar-refractivity contribution is 5.85. The molecular weight excluding hydrogens is 258 g/mol. The minimum absolute atomic E-state index is 0.0676. The van der Waals surface area contributed by atoms with E-state index in [2.05, 4.69) is 12.2 Å². The van der Waals surface area contributed by atoms with E-state index in [9.17, 15) is 14.7 Å². The van der Waals surface area contributed by atoms with E-state index in [1.165, 1.54) is 7.05 Å². The molecule has 1 atom stereocenters. The Morgan fingerprint density at radius 1 is 1.30 bits per heavy atom. The molecule has 0 fully saturated rings. The molecule has 0 spiro atoms. The monoisotopic (exact) mass is 279 g/mol. The molecule has 1 amide bonds. The average molecular weight is 279 g/mol. The molecule has 0 unspecified atom stereocenters. The first-order chi connectivity index (χ1) is 9.58. The summed E-state index contributed by atoms with van der Waals surface area (Å²) in [5.41, 5.74) is 0.601. The Bertz CT molecular complexity index is 442. The fourth-order valence-corrected chi connectivity index (χ4v) is 1.77. The molecule has 20 heavy (non-hydrogen) atoms. The van der Waals surface area contributed by atoms with Crippen LogP contribution in [0, 0.1) is 0 Å². The van der Waals surface area contributed by atoms with Crippen LogP contribution in [0.3, 0.4) is 0 Å². The topological polar surface area (TPSA) is 75.6 Å². The molecule has 5 heteroatoms. The Morgan fingerprint density at radius 3 is 2.45 bits per heavy atom. The number of carbonyl (C=O) groups is 2. The summed E-state index contributed by atoms with van der Waals surface area (Å²) in [6.45, 7) is 2.74. The number of amides is 1. The average Bonchev–Trinajstić information content (AvgIpc) is 2.45. The number of nitrogens with one attached hydrogen (secondary N) is 1. The number of carboxylic acid groups (broad SMARTS) is 1. The van der Waals surface area contributed by atoms with Gasteiger partial charge in [0, 0.05) is 13.5 Å². The van der Waals surface area contributed by atoms with Gasteiger partial charge in [-0.3, -0.25) is 9.59 Å². The van der Waals surface area contributed by atoms with Gasteiger partial charge in [0.05, 0.1) is 12.5 Å². The minimum atomic E-state index is -1.01. The number of carbonyl (C=O) groups excluding carboxylic acids is 1. The molecule has 0 saturated carbocycles. The van der Waals surface area contributed by atoms with E-state index in [1.54, 1.807) is 24.3 Å². The van der Waals surface area contributed by atoms with Crippen molar-refractivity contribution in [2.45, 2.75) is 32.1 Å². The lowest BCUT2D eigenvalue weighted by Crippen LogP contribution is -2.24. The lowest BCUT2D eigenvalue weighted by atomic mass is 9.95. The number of hydrogen-bond donors (Lipinski definition) is 2. The van der Waals surface area contributed by atoms with Gasteiger partial charge in [-0.2, -0.15) is 0 Å². The number of ether oxygens (including phenoxy) is 1. The van der Waals surface area contributed by atoms with E-state index in [0.29, 0.717) is 17.9 Å². The maximum Gasteiger partial charge on any atom is 0.311 e. The summed E-state index contributed by atoms with van der Waals surface area (Å²) >= 11 is 0. The van der Waals surface area contributed by atoms with Crippen molar-refractivity contribution in [1.82, 2.24) is 5.32 Å². The smallest absolute Gasteiger partial charge is 0.311 e. The Hall–Kier alpha value is -2.04. The van der Waals surface area contributed by atoms with Crippen LogP contribution in [0.4, 0.5) is 0 Å². The minimum Gasteiger partial charge on any atom is -0.494 e. The van der Waals surface area contributed by atoms with Crippen molar-refractivity contribution < 1.29 is 19.4 Å². The van der Waals surface area contributed by atoms with Crippen LogP contribution >= 0.6 is 0 Å². The number of rotatable bonds is 8. The molecule has 1 aromatic carbocycles. The molecule has 0 heterocycles. The molecular formula is C15H21NO4. The summed E-state index contributed by atoms with van der Waals surface area (Å²) in [7, 11) is 1.49. The summed E-state index contributed by atoms with van der Waals surface area (Å²) in [4.78, 5) is 22.6. The maximum atomic E-state index is 11.3. The Labute approximate surface area is 118 Å². The van der Waals surface area contributed by atoms with E-state index in [4.69, 9.17) is 4.74 Å². The van der Waals surface area contributed by atoms with Gasteiger partial charge in [-0.25, -0.2) is 0 Å². The van der Waals surface area contributed by atoms with Crippen molar-refractivity contribution in [3.63, 3.8) is 0 Å². The van der Waals surface area contributed by atoms with Crippen LogP contribution in [0.5, 0.6) is 5.75 Å². The molecule has 110 valence electrons. The molecule has 0 aliphatic carbocycles. The molecule has 1 rings (SSSR count). The largest absolute Gasteiger partial charge is 0.494 e. The van der Waals surface area contributed by atoms with Crippen molar-refractivity contribution in [2.75, 3.05) is 13.7 Å². The third-order valence-corrected chi connectivity index (χ3v) is 3.02. The normalized spacial score (nSPS) is 11.7. The number of hydrogen-bond acceptors (Lipinski definition) is 3. The molecule has 0 aliphatic heterocycles. The van der Waals surface area contributed by atoms with Crippen LogP contribution in [0.1, 0.15) is 37.7 Å². The van der Waals surface area contributed by atoms with Gasteiger partial charge in [0.25, 0.3) is 0 Å². The molecule has 0 bridgehead atoms. The first kappa shape index (κ1) is 16.0. The van der Waals surface area contributed by atoms with Gasteiger partial charge < -0.3 is 15.2 Å². The van der Waals surface area contributed by atoms with Crippen molar-refractivity contribution in [3.05, 3.63) is 29.8 Å². The molecule has 0 saturated heterocycles. The van der Waals surface area contributed by atoms with Gasteiger partial charge in [0.2, 0.25) is 5.91 Å². The van der Waals surface area contributed by atoms with Crippen LogP contribution in [-0.2, 0) is 9.59 Å². The van der Waals surface area contributed by atoms with E-state index < -0.39 is 11.9 Å². The maximum absolute atomic E-state index is 11.3. The van der Waals surface area contributed by atoms with Gasteiger partial charge in [0.15, 0.2) is 0 Å². The van der Waals surface area contributed by atoms with E-state index in [0.717, 1.165) is 12.8 Å². The Kier molecular flexibility index (Phi) is 6.56. The highest BCUT2D eigenvalue weighted by Crippen LogP contribution is 2.23. The quantitative estimate of drug-likeness (QED) is 0.715. The molecule has 0 aromatic heterocycles. The summed E-state index contributed by atoms with van der Waals surface area (Å²) in [5.74, 6) is -1.42. The fourth-order valence-electron chi connectivity index (χ4n) is 1.77. The Morgan fingerprint density at radius 2 is 1.95 bits per heavy atom. The highest BCUT2D eigenvalue weighted by Gasteiger charge is 2.22. The number of benzene rings is 1. The van der Waals surface area contributed by atoms with Gasteiger partial charge in [-0.1, -0.05) is 25.5 Å². The molecule has 0 aliphatic rings. The van der Waals surface area contributed by atoms with Crippen molar-refractivity contribution in [2.24, 2.45) is 0 Å². The second-order valence-corrected chi connectivity index (χ2v) is 4.54. The lowest BCUT2D eigenvalue weighted by Gasteiger charge is -2.13. The van der Waals surface area contributed by atoms with E-state index >= 15 is 0 Å². The third-order valence-electron chi connectivity index (χ3n) is 3.02. The fraction of sp³-hybridized carbons (Fsp3) is 0.467. The van der Waals surface area contributed by atoms with Crippen LogP contribution in [0.2, 0.25) is 0 Å². The van der Waals surface area contributed by atoms with Gasteiger partial charge >= 0.3 is 5.97 Å². The molecule has 1 aromatic rings. The first-order valence-corrected chi connectivity index (χ1v) is 6.74. The van der Waals surface area contributed by atoms with Crippen LogP contribution in [0.25, 0.3) is 0 Å². The van der Waals surface area contributed by atoms with Crippen molar-refractivity contribution in [1.29, 1.82) is 0 Å². The molecule has 0 radical (unpaired) electrons.